The van der Waals surface area contributed by atoms with Gasteiger partial charge in [0.05, 0.1) is 29.0 Å². The van der Waals surface area contributed by atoms with E-state index in [-0.39, 0.29) is 12.6 Å². The molecule has 0 aliphatic heterocycles. The number of aliphatic hydroxyl groups excluding tert-OH is 1. The third kappa shape index (κ3) is 5.00. The zero-order valence-electron chi connectivity index (χ0n) is 12.3. The summed E-state index contributed by atoms with van der Waals surface area (Å²) in [4.78, 5) is 0. The molecular weight excluding hydrogens is 325 g/mol. The summed E-state index contributed by atoms with van der Waals surface area (Å²) in [6.45, 7) is 2.93. The first-order chi connectivity index (χ1) is 10.6. The molecule has 0 spiro atoms. The Morgan fingerprint density at radius 1 is 1.27 bits per heavy atom. The third-order valence-electron chi connectivity index (χ3n) is 3.24. The molecule has 2 N–H and O–H groups in total. The van der Waals surface area contributed by atoms with Gasteiger partial charge in [-0.25, -0.2) is 0 Å². The molecule has 0 aliphatic rings. The highest BCUT2D eigenvalue weighted by atomic mass is 35.5. The molecule has 22 heavy (non-hydrogen) atoms. The summed E-state index contributed by atoms with van der Waals surface area (Å²) in [5, 5.41) is 14.2. The highest BCUT2D eigenvalue weighted by molar-refractivity contribution is 6.42. The van der Waals surface area contributed by atoms with Crippen LogP contribution in [0.3, 0.4) is 0 Å². The van der Waals surface area contributed by atoms with Crippen LogP contribution >= 0.6 is 23.2 Å². The highest BCUT2D eigenvalue weighted by Crippen LogP contribution is 2.29. The van der Waals surface area contributed by atoms with Crippen LogP contribution in [-0.2, 0) is 11.3 Å². The lowest BCUT2D eigenvalue weighted by Gasteiger charge is -2.19. The Morgan fingerprint density at radius 3 is 2.82 bits per heavy atom. The molecule has 120 valence electrons. The molecule has 2 rings (SSSR count). The molecule has 0 saturated carbocycles. The predicted molar refractivity (Wildman–Crippen MR) is 87.3 cm³/mol. The summed E-state index contributed by atoms with van der Waals surface area (Å²) in [5.74, 6) is 0.735. The number of rotatable bonds is 8. The van der Waals surface area contributed by atoms with Crippen molar-refractivity contribution in [3.63, 3.8) is 0 Å². The molecule has 1 aromatic carbocycles. The van der Waals surface area contributed by atoms with Crippen LogP contribution in [0, 0.1) is 0 Å². The van der Waals surface area contributed by atoms with Gasteiger partial charge in [0.25, 0.3) is 0 Å². The van der Waals surface area contributed by atoms with Gasteiger partial charge in [-0.15, -0.1) is 0 Å². The fourth-order valence-electron chi connectivity index (χ4n) is 2.03. The first-order valence-corrected chi connectivity index (χ1v) is 7.79. The summed E-state index contributed by atoms with van der Waals surface area (Å²) in [7, 11) is 0. The highest BCUT2D eigenvalue weighted by Gasteiger charge is 2.13. The number of ether oxygens (including phenoxy) is 1. The lowest BCUT2D eigenvalue weighted by molar-refractivity contribution is 0.0217. The van der Waals surface area contributed by atoms with Gasteiger partial charge < -0.3 is 19.6 Å². The molecule has 6 heteroatoms. The fraction of sp³-hybridized carbons (Fsp3) is 0.375. The second-order valence-corrected chi connectivity index (χ2v) is 5.81. The fourth-order valence-corrected chi connectivity index (χ4v) is 2.50. The quantitative estimate of drug-likeness (QED) is 0.765. The number of furan rings is 1. The van der Waals surface area contributed by atoms with Crippen molar-refractivity contribution in [1.29, 1.82) is 0 Å². The van der Waals surface area contributed by atoms with Crippen LogP contribution in [0.4, 0.5) is 0 Å². The van der Waals surface area contributed by atoms with E-state index in [1.165, 1.54) is 0 Å². The minimum atomic E-state index is -0.615. The molecule has 0 radical (unpaired) electrons. The Hall–Kier alpha value is -1.04. The molecule has 4 nitrogen and oxygen atoms in total. The van der Waals surface area contributed by atoms with Gasteiger partial charge in [0.1, 0.15) is 12.4 Å². The molecule has 2 unspecified atom stereocenters. The van der Waals surface area contributed by atoms with Crippen molar-refractivity contribution < 1.29 is 14.3 Å². The smallest absolute Gasteiger partial charge is 0.129 e. The van der Waals surface area contributed by atoms with Gasteiger partial charge in [0.15, 0.2) is 0 Å². The van der Waals surface area contributed by atoms with Crippen LogP contribution < -0.4 is 5.32 Å². The number of hydrogen-bond donors (Lipinski definition) is 2. The van der Waals surface area contributed by atoms with Crippen molar-refractivity contribution in [3.8, 4) is 0 Å². The minimum absolute atomic E-state index is 0.0223. The van der Waals surface area contributed by atoms with Crippen LogP contribution in [0.2, 0.25) is 10.0 Å². The molecule has 0 bridgehead atoms. The number of hydrogen-bond acceptors (Lipinski definition) is 4. The van der Waals surface area contributed by atoms with Crippen LogP contribution in [0.15, 0.2) is 41.0 Å². The third-order valence-corrected chi connectivity index (χ3v) is 4.08. The summed E-state index contributed by atoms with van der Waals surface area (Å²) in [6.07, 6.45) is 0.975. The Kier molecular flexibility index (Phi) is 6.73. The van der Waals surface area contributed by atoms with E-state index in [0.29, 0.717) is 23.2 Å². The second-order valence-electron chi connectivity index (χ2n) is 5.02. The van der Waals surface area contributed by atoms with Gasteiger partial charge in [0, 0.05) is 12.6 Å². The van der Waals surface area contributed by atoms with E-state index in [4.69, 9.17) is 32.4 Å². The van der Waals surface area contributed by atoms with Crippen molar-refractivity contribution in [1.82, 2.24) is 5.32 Å². The number of aliphatic hydroxyl groups is 1. The van der Waals surface area contributed by atoms with Gasteiger partial charge in [-0.2, -0.15) is 0 Å². The maximum absolute atomic E-state index is 9.92. The molecular formula is C16H19Cl2NO3. The Morgan fingerprint density at radius 2 is 2.09 bits per heavy atom. The largest absolute Gasteiger partial charge is 0.467 e. The zero-order chi connectivity index (χ0) is 15.9. The normalized spacial score (nSPS) is 14.0. The first kappa shape index (κ1) is 17.3. The van der Waals surface area contributed by atoms with Crippen LogP contribution in [0.5, 0.6) is 0 Å². The number of benzene rings is 1. The second kappa shape index (κ2) is 8.56. The number of nitrogens with one attached hydrogen (secondary N) is 1. The van der Waals surface area contributed by atoms with Crippen molar-refractivity contribution in [2.75, 3.05) is 13.2 Å². The van der Waals surface area contributed by atoms with E-state index in [9.17, 15) is 5.11 Å². The first-order valence-electron chi connectivity index (χ1n) is 7.03. The molecule has 0 amide bonds. The van der Waals surface area contributed by atoms with E-state index < -0.39 is 6.10 Å². The Labute approximate surface area is 140 Å². The summed E-state index contributed by atoms with van der Waals surface area (Å²) in [6, 6.07) is 9.11. The lowest BCUT2D eigenvalue weighted by atomic mass is 10.1. The maximum atomic E-state index is 9.92. The Balaban J connectivity index is 1.73. The van der Waals surface area contributed by atoms with Gasteiger partial charge in [0.2, 0.25) is 0 Å². The molecule has 2 aromatic rings. The van der Waals surface area contributed by atoms with E-state index in [2.05, 4.69) is 5.32 Å². The van der Waals surface area contributed by atoms with Gasteiger partial charge in [-0.1, -0.05) is 35.3 Å². The monoisotopic (exact) mass is 343 g/mol. The van der Waals surface area contributed by atoms with Gasteiger partial charge in [-0.05, 0) is 30.7 Å². The summed E-state index contributed by atoms with van der Waals surface area (Å²) >= 11 is 12.2. The molecule has 2 atom stereocenters. The molecule has 0 saturated heterocycles. The van der Waals surface area contributed by atoms with Crippen molar-refractivity contribution in [3.05, 3.63) is 58.0 Å². The van der Waals surface area contributed by atoms with Crippen molar-refractivity contribution in [2.24, 2.45) is 0 Å². The van der Waals surface area contributed by atoms with Crippen LogP contribution in [0.25, 0.3) is 0 Å². The minimum Gasteiger partial charge on any atom is -0.467 e. The average molecular weight is 344 g/mol. The van der Waals surface area contributed by atoms with E-state index in [1.54, 1.807) is 18.4 Å². The standard InChI is InChI=1S/C16H19Cl2NO3/c1-11(14-5-2-6-15(17)16(14)18)19-8-12(20)9-21-10-13-4-3-7-22-13/h2-7,11-12,19-20H,8-10H2,1H3. The summed E-state index contributed by atoms with van der Waals surface area (Å²) in [5.41, 5.74) is 0.901. The zero-order valence-corrected chi connectivity index (χ0v) is 13.8. The van der Waals surface area contributed by atoms with Gasteiger partial charge in [-0.3, -0.25) is 0 Å². The van der Waals surface area contributed by atoms with E-state index >= 15 is 0 Å². The van der Waals surface area contributed by atoms with E-state index in [0.717, 1.165) is 11.3 Å². The Bertz CT molecular complexity index is 575. The topological polar surface area (TPSA) is 54.6 Å². The molecule has 1 aromatic heterocycles. The molecule has 0 aliphatic carbocycles. The maximum Gasteiger partial charge on any atom is 0.129 e. The van der Waals surface area contributed by atoms with Gasteiger partial charge >= 0.3 is 0 Å². The van der Waals surface area contributed by atoms with Crippen LogP contribution in [-0.4, -0.2) is 24.4 Å². The molecule has 1 heterocycles. The lowest BCUT2D eigenvalue weighted by Crippen LogP contribution is -2.32. The van der Waals surface area contributed by atoms with E-state index in [1.807, 2.05) is 25.1 Å². The predicted octanol–water partition coefficient (Wildman–Crippen LogP) is 3.81. The van der Waals surface area contributed by atoms with Crippen molar-refractivity contribution in [2.45, 2.75) is 25.7 Å². The average Bonchev–Trinajstić information content (AvgIpc) is 3.01. The summed E-state index contributed by atoms with van der Waals surface area (Å²) < 4.78 is 10.5. The molecule has 0 fully saturated rings. The number of halogens is 2. The van der Waals surface area contributed by atoms with Crippen LogP contribution in [0.1, 0.15) is 24.3 Å². The SMILES string of the molecule is CC(NCC(O)COCc1ccco1)c1cccc(Cl)c1Cl. The van der Waals surface area contributed by atoms with Crippen molar-refractivity contribution >= 4 is 23.2 Å².